The Balaban J connectivity index is 1.48. The van der Waals surface area contributed by atoms with Crippen LogP contribution in [0.3, 0.4) is 0 Å². The molecule has 0 saturated heterocycles. The van der Waals surface area contributed by atoms with Gasteiger partial charge in [0.05, 0.1) is 19.2 Å². The van der Waals surface area contributed by atoms with Crippen molar-refractivity contribution < 1.29 is 19.1 Å². The van der Waals surface area contributed by atoms with E-state index in [1.54, 1.807) is 31.4 Å². The minimum absolute atomic E-state index is 0.0587. The number of hydrogen-bond donors (Lipinski definition) is 0. The Kier molecular flexibility index (Phi) is 6.33. The van der Waals surface area contributed by atoms with E-state index in [0.29, 0.717) is 11.3 Å². The summed E-state index contributed by atoms with van der Waals surface area (Å²) in [4.78, 5) is 28.4. The van der Waals surface area contributed by atoms with Crippen molar-refractivity contribution in [3.05, 3.63) is 71.2 Å². The molecular weight excluding hydrogens is 362 g/mol. The molecule has 1 aromatic heterocycles. The van der Waals surface area contributed by atoms with E-state index in [4.69, 9.17) is 9.47 Å². The zero-order valence-corrected chi connectivity index (χ0v) is 15.7. The van der Waals surface area contributed by atoms with Crippen LogP contribution in [-0.4, -0.2) is 23.8 Å². The van der Waals surface area contributed by atoms with E-state index in [2.05, 4.69) is 4.98 Å². The number of Topliss-reactive ketones (excluding diaryl/α,β-unsaturated/α-hetero) is 1. The van der Waals surface area contributed by atoms with E-state index in [9.17, 15) is 9.59 Å². The van der Waals surface area contributed by atoms with Crippen molar-refractivity contribution in [2.24, 2.45) is 0 Å². The van der Waals surface area contributed by atoms with E-state index < -0.39 is 5.97 Å². The van der Waals surface area contributed by atoms with Crippen molar-refractivity contribution in [3.63, 3.8) is 0 Å². The Bertz CT molecular complexity index is 903. The molecule has 0 amide bonds. The number of benzene rings is 2. The Morgan fingerprint density at radius 2 is 1.74 bits per heavy atom. The Labute approximate surface area is 161 Å². The molecular formula is C21H19NO4S. The summed E-state index contributed by atoms with van der Waals surface area (Å²) in [6.45, 7) is 0.102. The molecule has 0 aliphatic carbocycles. The third-order valence-electron chi connectivity index (χ3n) is 3.92. The smallest absolute Gasteiger partial charge is 0.306 e. The fraction of sp³-hybridized carbons (Fsp3) is 0.190. The second-order valence-corrected chi connectivity index (χ2v) is 6.68. The number of hydrogen-bond acceptors (Lipinski definition) is 6. The first kappa shape index (κ1) is 18.8. The summed E-state index contributed by atoms with van der Waals surface area (Å²) < 4.78 is 10.4. The van der Waals surface area contributed by atoms with Gasteiger partial charge in [0.15, 0.2) is 5.78 Å². The largest absolute Gasteiger partial charge is 0.497 e. The third-order valence-corrected chi connectivity index (χ3v) is 4.86. The lowest BCUT2D eigenvalue weighted by atomic mass is 10.1. The number of methoxy groups -OCH3 is 1. The summed E-state index contributed by atoms with van der Waals surface area (Å²) in [5, 5.41) is 2.71. The van der Waals surface area contributed by atoms with E-state index in [0.717, 1.165) is 16.3 Å². The van der Waals surface area contributed by atoms with Gasteiger partial charge >= 0.3 is 5.97 Å². The minimum Gasteiger partial charge on any atom is -0.497 e. The van der Waals surface area contributed by atoms with E-state index >= 15 is 0 Å². The maximum Gasteiger partial charge on any atom is 0.306 e. The summed E-state index contributed by atoms with van der Waals surface area (Å²) in [6.07, 6.45) is 0.195. The maximum atomic E-state index is 12.0. The normalized spacial score (nSPS) is 10.4. The fourth-order valence-corrected chi connectivity index (χ4v) is 3.26. The predicted octanol–water partition coefficient (Wildman–Crippen LogP) is 4.53. The number of ether oxygens (including phenoxy) is 2. The lowest BCUT2D eigenvalue weighted by Gasteiger charge is -2.03. The maximum absolute atomic E-state index is 12.0. The highest BCUT2D eigenvalue weighted by Crippen LogP contribution is 2.26. The highest BCUT2D eigenvalue weighted by Gasteiger charge is 2.11. The summed E-state index contributed by atoms with van der Waals surface area (Å²) in [7, 11) is 1.62. The van der Waals surface area contributed by atoms with Gasteiger partial charge in [-0.25, -0.2) is 4.98 Å². The number of rotatable bonds is 8. The number of carbonyl (C=O) groups excluding carboxylic acids is 2. The molecule has 0 fully saturated rings. The SMILES string of the molecule is COc1ccc(-c2nc(COC(=O)CCC(=O)c3ccccc3)cs2)cc1. The van der Waals surface area contributed by atoms with Gasteiger partial charge in [-0.3, -0.25) is 9.59 Å². The summed E-state index contributed by atoms with van der Waals surface area (Å²) in [5.74, 6) is 0.316. The van der Waals surface area contributed by atoms with E-state index in [1.165, 1.54) is 11.3 Å². The van der Waals surface area contributed by atoms with Gasteiger partial charge in [-0.2, -0.15) is 0 Å². The molecule has 0 aliphatic rings. The van der Waals surface area contributed by atoms with Gasteiger partial charge in [0.25, 0.3) is 0 Å². The highest BCUT2D eigenvalue weighted by atomic mass is 32.1. The molecule has 27 heavy (non-hydrogen) atoms. The van der Waals surface area contributed by atoms with Crippen LogP contribution in [-0.2, 0) is 16.1 Å². The lowest BCUT2D eigenvalue weighted by Crippen LogP contribution is -2.08. The van der Waals surface area contributed by atoms with Crippen molar-refractivity contribution in [2.75, 3.05) is 7.11 Å². The number of ketones is 1. The van der Waals surface area contributed by atoms with Crippen LogP contribution in [0.1, 0.15) is 28.9 Å². The van der Waals surface area contributed by atoms with Crippen LogP contribution >= 0.6 is 11.3 Å². The number of nitrogens with zero attached hydrogens (tertiary/aromatic N) is 1. The molecule has 0 N–H and O–H groups in total. The van der Waals surface area contributed by atoms with Crippen molar-refractivity contribution in [1.29, 1.82) is 0 Å². The van der Waals surface area contributed by atoms with Crippen LogP contribution in [0, 0.1) is 0 Å². The first-order valence-electron chi connectivity index (χ1n) is 8.48. The predicted molar refractivity (Wildman–Crippen MR) is 104 cm³/mol. The molecule has 0 radical (unpaired) electrons. The average Bonchev–Trinajstić information content (AvgIpc) is 3.20. The molecule has 2 aromatic carbocycles. The van der Waals surface area contributed by atoms with Gasteiger partial charge in [-0.1, -0.05) is 30.3 Å². The van der Waals surface area contributed by atoms with Crippen LogP contribution in [0.5, 0.6) is 5.75 Å². The Hall–Kier alpha value is -2.99. The van der Waals surface area contributed by atoms with E-state index in [1.807, 2.05) is 35.7 Å². The third kappa shape index (κ3) is 5.24. The lowest BCUT2D eigenvalue weighted by molar-refractivity contribution is -0.145. The Morgan fingerprint density at radius 3 is 2.44 bits per heavy atom. The summed E-state index contributed by atoms with van der Waals surface area (Å²) in [6, 6.07) is 16.5. The second-order valence-electron chi connectivity index (χ2n) is 5.82. The second kappa shape index (κ2) is 9.09. The van der Waals surface area contributed by atoms with Crippen LogP contribution < -0.4 is 4.74 Å². The van der Waals surface area contributed by atoms with Gasteiger partial charge in [0.2, 0.25) is 0 Å². The summed E-state index contributed by atoms with van der Waals surface area (Å²) >= 11 is 1.49. The summed E-state index contributed by atoms with van der Waals surface area (Å²) in [5.41, 5.74) is 2.27. The van der Waals surface area contributed by atoms with Crippen LogP contribution in [0.2, 0.25) is 0 Å². The molecule has 0 bridgehead atoms. The average molecular weight is 381 g/mol. The number of aromatic nitrogens is 1. The molecule has 5 nitrogen and oxygen atoms in total. The zero-order chi connectivity index (χ0) is 19.1. The first-order valence-corrected chi connectivity index (χ1v) is 9.36. The topological polar surface area (TPSA) is 65.5 Å². The molecule has 0 atom stereocenters. The molecule has 6 heteroatoms. The van der Waals surface area contributed by atoms with Gasteiger partial charge in [0, 0.05) is 22.9 Å². The molecule has 138 valence electrons. The quantitative estimate of drug-likeness (QED) is 0.424. The van der Waals surface area contributed by atoms with Gasteiger partial charge in [0.1, 0.15) is 17.4 Å². The number of thiazole rings is 1. The van der Waals surface area contributed by atoms with Crippen LogP contribution in [0.4, 0.5) is 0 Å². The first-order chi connectivity index (χ1) is 13.2. The van der Waals surface area contributed by atoms with Crippen LogP contribution in [0.15, 0.2) is 60.0 Å². The molecule has 0 aliphatic heterocycles. The minimum atomic E-state index is -0.404. The van der Waals surface area contributed by atoms with E-state index in [-0.39, 0.29) is 25.2 Å². The highest BCUT2D eigenvalue weighted by molar-refractivity contribution is 7.13. The molecule has 3 aromatic rings. The van der Waals surface area contributed by atoms with Crippen molar-refractivity contribution in [2.45, 2.75) is 19.4 Å². The van der Waals surface area contributed by atoms with Gasteiger partial charge < -0.3 is 9.47 Å². The number of esters is 1. The van der Waals surface area contributed by atoms with Crippen LogP contribution in [0.25, 0.3) is 10.6 Å². The van der Waals surface area contributed by atoms with Crippen molar-refractivity contribution >= 4 is 23.1 Å². The van der Waals surface area contributed by atoms with Gasteiger partial charge in [-0.15, -0.1) is 11.3 Å². The fourth-order valence-electron chi connectivity index (χ4n) is 2.45. The molecule has 0 spiro atoms. The monoisotopic (exact) mass is 381 g/mol. The molecule has 0 unspecified atom stereocenters. The van der Waals surface area contributed by atoms with Gasteiger partial charge in [-0.05, 0) is 24.3 Å². The zero-order valence-electron chi connectivity index (χ0n) is 14.9. The standard InChI is InChI=1S/C21H19NO4S/c1-25-18-9-7-16(8-10-18)21-22-17(14-27-21)13-26-20(24)12-11-19(23)15-5-3-2-4-6-15/h2-10,14H,11-13H2,1H3. The molecule has 1 heterocycles. The molecule has 3 rings (SSSR count). The van der Waals surface area contributed by atoms with Crippen molar-refractivity contribution in [1.82, 2.24) is 4.98 Å². The Morgan fingerprint density at radius 1 is 1.00 bits per heavy atom. The number of carbonyl (C=O) groups is 2. The molecule has 0 saturated carbocycles. The van der Waals surface area contributed by atoms with Crippen molar-refractivity contribution in [3.8, 4) is 16.3 Å².